The fraction of sp³-hybridized carbons (Fsp3) is 0.190. The van der Waals surface area contributed by atoms with Crippen LogP contribution in [0.2, 0.25) is 5.02 Å². The number of ether oxygens (including phenoxy) is 1. The lowest BCUT2D eigenvalue weighted by molar-refractivity contribution is -0.120. The summed E-state index contributed by atoms with van der Waals surface area (Å²) in [5.41, 5.74) is 2.21. The first-order valence-electron chi connectivity index (χ1n) is 9.04. The van der Waals surface area contributed by atoms with Gasteiger partial charge in [-0.1, -0.05) is 47.6 Å². The maximum absolute atomic E-state index is 12.2. The average molecular weight is 462 g/mol. The first-order chi connectivity index (χ1) is 14.5. The van der Waals surface area contributed by atoms with E-state index in [1.165, 1.54) is 23.1 Å². The second-order valence-electron chi connectivity index (χ2n) is 6.22. The molecule has 30 heavy (non-hydrogen) atoms. The van der Waals surface area contributed by atoms with Gasteiger partial charge in [-0.3, -0.25) is 9.59 Å². The molecule has 0 fully saturated rings. The van der Waals surface area contributed by atoms with Crippen LogP contribution in [0.4, 0.5) is 5.69 Å². The molecular formula is C21H20ClN3O3S2. The van der Waals surface area contributed by atoms with Crippen molar-refractivity contribution in [2.45, 2.75) is 17.3 Å². The SMILES string of the molecule is COc1cccc(NC(=O)CSc2nc(CC(=O)NCc3ccccc3Cl)cs2)c1. The van der Waals surface area contributed by atoms with E-state index in [0.717, 1.165) is 9.90 Å². The van der Waals surface area contributed by atoms with Gasteiger partial charge in [0.25, 0.3) is 0 Å². The first-order valence-corrected chi connectivity index (χ1v) is 11.3. The van der Waals surface area contributed by atoms with Crippen LogP contribution in [-0.2, 0) is 22.6 Å². The number of aromatic nitrogens is 1. The van der Waals surface area contributed by atoms with E-state index in [1.807, 2.05) is 35.7 Å². The van der Waals surface area contributed by atoms with Crippen LogP contribution < -0.4 is 15.4 Å². The third kappa shape index (κ3) is 6.76. The Bertz CT molecular complexity index is 1030. The Morgan fingerprint density at radius 1 is 1.17 bits per heavy atom. The fourth-order valence-corrected chi connectivity index (χ4v) is 4.37. The van der Waals surface area contributed by atoms with Gasteiger partial charge in [-0.15, -0.1) is 11.3 Å². The van der Waals surface area contributed by atoms with Crippen molar-refractivity contribution in [2.24, 2.45) is 0 Å². The zero-order valence-corrected chi connectivity index (χ0v) is 18.6. The molecule has 0 aliphatic heterocycles. The maximum Gasteiger partial charge on any atom is 0.234 e. The van der Waals surface area contributed by atoms with E-state index in [1.54, 1.807) is 25.3 Å². The van der Waals surface area contributed by atoms with E-state index in [9.17, 15) is 9.59 Å². The molecule has 3 aromatic rings. The molecule has 0 saturated heterocycles. The van der Waals surface area contributed by atoms with Crippen molar-refractivity contribution in [1.82, 2.24) is 10.3 Å². The number of rotatable bonds is 9. The number of carbonyl (C=O) groups is 2. The number of halogens is 1. The highest BCUT2D eigenvalue weighted by molar-refractivity contribution is 8.01. The summed E-state index contributed by atoms with van der Waals surface area (Å²) in [6, 6.07) is 14.6. The molecule has 0 spiro atoms. The quantitative estimate of drug-likeness (QED) is 0.462. The second kappa shape index (κ2) is 11.0. The summed E-state index contributed by atoms with van der Waals surface area (Å²) >= 11 is 8.84. The zero-order valence-electron chi connectivity index (χ0n) is 16.2. The van der Waals surface area contributed by atoms with Crippen LogP contribution >= 0.6 is 34.7 Å². The summed E-state index contributed by atoms with van der Waals surface area (Å²) in [5.74, 6) is 0.635. The van der Waals surface area contributed by atoms with Gasteiger partial charge in [-0.05, 0) is 23.8 Å². The number of nitrogens with zero attached hydrogens (tertiary/aromatic N) is 1. The molecule has 2 aromatic carbocycles. The van der Waals surface area contributed by atoms with Crippen molar-refractivity contribution >= 4 is 52.2 Å². The maximum atomic E-state index is 12.2. The molecule has 0 aliphatic rings. The monoisotopic (exact) mass is 461 g/mol. The van der Waals surface area contributed by atoms with E-state index in [4.69, 9.17) is 16.3 Å². The summed E-state index contributed by atoms with van der Waals surface area (Å²) in [6.07, 6.45) is 0.178. The fourth-order valence-electron chi connectivity index (χ4n) is 2.52. The van der Waals surface area contributed by atoms with Crippen molar-refractivity contribution in [3.8, 4) is 5.75 Å². The molecular weight excluding hydrogens is 442 g/mol. The third-order valence-corrected chi connectivity index (χ3v) is 6.42. The van der Waals surface area contributed by atoms with Gasteiger partial charge in [0, 0.05) is 28.7 Å². The number of hydrogen-bond donors (Lipinski definition) is 2. The van der Waals surface area contributed by atoms with Gasteiger partial charge in [-0.25, -0.2) is 4.98 Å². The number of nitrogens with one attached hydrogen (secondary N) is 2. The standard InChI is InChI=1S/C21H20ClN3O3S2/c1-28-17-7-4-6-15(9-17)24-20(27)13-30-21-25-16(12-29-21)10-19(26)23-11-14-5-2-3-8-18(14)22/h2-9,12H,10-11,13H2,1H3,(H,23,26)(H,24,27). The number of hydrogen-bond acceptors (Lipinski definition) is 6. The number of thioether (sulfide) groups is 1. The van der Waals surface area contributed by atoms with Crippen LogP contribution in [0.1, 0.15) is 11.3 Å². The summed E-state index contributed by atoms with van der Waals surface area (Å²) in [6.45, 7) is 0.370. The van der Waals surface area contributed by atoms with E-state index in [0.29, 0.717) is 28.7 Å². The van der Waals surface area contributed by atoms with E-state index in [2.05, 4.69) is 15.6 Å². The second-order valence-corrected chi connectivity index (χ2v) is 8.71. The van der Waals surface area contributed by atoms with Crippen LogP contribution in [-0.4, -0.2) is 29.7 Å². The molecule has 0 aliphatic carbocycles. The predicted octanol–water partition coefficient (Wildman–Crippen LogP) is 4.39. The Hall–Kier alpha value is -2.55. The summed E-state index contributed by atoms with van der Waals surface area (Å²) in [7, 11) is 1.58. The Morgan fingerprint density at radius 3 is 2.80 bits per heavy atom. The zero-order chi connectivity index (χ0) is 21.3. The lowest BCUT2D eigenvalue weighted by Crippen LogP contribution is -2.24. The Balaban J connectivity index is 1.43. The van der Waals surface area contributed by atoms with Gasteiger partial charge < -0.3 is 15.4 Å². The van der Waals surface area contributed by atoms with E-state index >= 15 is 0 Å². The minimum Gasteiger partial charge on any atom is -0.497 e. The average Bonchev–Trinajstić information content (AvgIpc) is 3.19. The van der Waals surface area contributed by atoms with Gasteiger partial charge in [0.1, 0.15) is 5.75 Å². The molecule has 2 amide bonds. The minimum absolute atomic E-state index is 0.132. The molecule has 9 heteroatoms. The Morgan fingerprint density at radius 2 is 2.00 bits per heavy atom. The summed E-state index contributed by atoms with van der Waals surface area (Å²) in [4.78, 5) is 28.7. The lowest BCUT2D eigenvalue weighted by atomic mass is 10.2. The Labute approximate surface area is 188 Å². The van der Waals surface area contributed by atoms with Crippen LogP contribution in [0, 0.1) is 0 Å². The van der Waals surface area contributed by atoms with E-state index < -0.39 is 0 Å². The summed E-state index contributed by atoms with van der Waals surface area (Å²) in [5, 5.41) is 8.12. The van der Waals surface area contributed by atoms with E-state index in [-0.39, 0.29) is 24.0 Å². The Kier molecular flexibility index (Phi) is 8.12. The van der Waals surface area contributed by atoms with Crippen molar-refractivity contribution in [3.05, 3.63) is 70.2 Å². The number of anilines is 1. The predicted molar refractivity (Wildman–Crippen MR) is 121 cm³/mol. The number of thiazole rings is 1. The molecule has 0 radical (unpaired) electrons. The normalized spacial score (nSPS) is 10.5. The van der Waals surface area contributed by atoms with Gasteiger partial charge >= 0.3 is 0 Å². The minimum atomic E-state index is -0.137. The molecule has 6 nitrogen and oxygen atoms in total. The number of methoxy groups -OCH3 is 1. The molecule has 0 atom stereocenters. The number of carbonyl (C=O) groups excluding carboxylic acids is 2. The highest BCUT2D eigenvalue weighted by Crippen LogP contribution is 2.24. The van der Waals surface area contributed by atoms with Gasteiger partial charge in [0.15, 0.2) is 4.34 Å². The van der Waals surface area contributed by atoms with Crippen molar-refractivity contribution in [3.63, 3.8) is 0 Å². The number of benzene rings is 2. The van der Waals surface area contributed by atoms with Crippen molar-refractivity contribution < 1.29 is 14.3 Å². The highest BCUT2D eigenvalue weighted by Gasteiger charge is 2.11. The van der Waals surface area contributed by atoms with Crippen LogP contribution in [0.15, 0.2) is 58.3 Å². The molecule has 0 bridgehead atoms. The molecule has 0 saturated carbocycles. The van der Waals surface area contributed by atoms with Crippen molar-refractivity contribution in [2.75, 3.05) is 18.2 Å². The van der Waals surface area contributed by atoms with Crippen LogP contribution in [0.3, 0.4) is 0 Å². The van der Waals surface area contributed by atoms with Crippen LogP contribution in [0.25, 0.3) is 0 Å². The topological polar surface area (TPSA) is 80.3 Å². The van der Waals surface area contributed by atoms with Gasteiger partial charge in [-0.2, -0.15) is 0 Å². The molecule has 0 unspecified atom stereocenters. The molecule has 3 rings (SSSR count). The molecule has 1 aromatic heterocycles. The lowest BCUT2D eigenvalue weighted by Gasteiger charge is -2.06. The highest BCUT2D eigenvalue weighted by atomic mass is 35.5. The van der Waals surface area contributed by atoms with Crippen molar-refractivity contribution in [1.29, 1.82) is 0 Å². The summed E-state index contributed by atoms with van der Waals surface area (Å²) < 4.78 is 5.88. The molecule has 156 valence electrons. The van der Waals surface area contributed by atoms with Crippen LogP contribution in [0.5, 0.6) is 5.75 Å². The van der Waals surface area contributed by atoms with Gasteiger partial charge in [0.05, 0.1) is 25.0 Å². The van der Waals surface area contributed by atoms with Gasteiger partial charge in [0.2, 0.25) is 11.8 Å². The number of amides is 2. The first kappa shape index (κ1) is 22.1. The molecule has 1 heterocycles. The third-order valence-electron chi connectivity index (χ3n) is 3.99. The largest absolute Gasteiger partial charge is 0.497 e. The molecule has 2 N–H and O–H groups in total. The smallest absolute Gasteiger partial charge is 0.234 e.